The van der Waals surface area contributed by atoms with Gasteiger partial charge in [-0.15, -0.1) is 11.3 Å². The number of aryl methyl sites for hydroxylation is 1. The van der Waals surface area contributed by atoms with Gasteiger partial charge in [-0.2, -0.15) is 5.10 Å². The van der Waals surface area contributed by atoms with Crippen LogP contribution in [0.1, 0.15) is 50.2 Å². The fourth-order valence-electron chi connectivity index (χ4n) is 4.16. The van der Waals surface area contributed by atoms with Gasteiger partial charge in [0, 0.05) is 18.7 Å². The highest BCUT2D eigenvalue weighted by Crippen LogP contribution is 2.28. The summed E-state index contributed by atoms with van der Waals surface area (Å²) in [5.41, 5.74) is 5.76. The van der Waals surface area contributed by atoms with Crippen LogP contribution in [-0.2, 0) is 6.54 Å². The van der Waals surface area contributed by atoms with E-state index in [1.165, 1.54) is 29.7 Å². The van der Waals surface area contributed by atoms with Crippen molar-refractivity contribution in [1.29, 1.82) is 0 Å². The van der Waals surface area contributed by atoms with Crippen molar-refractivity contribution in [2.24, 2.45) is 11.0 Å². The second-order valence-corrected chi connectivity index (χ2v) is 9.81. The number of carbonyl (C=O) groups is 2. The minimum Gasteiger partial charge on any atom is -0.396 e. The predicted molar refractivity (Wildman–Crippen MR) is 140 cm³/mol. The first-order valence-corrected chi connectivity index (χ1v) is 12.7. The minimum absolute atomic E-state index is 0.242. The summed E-state index contributed by atoms with van der Waals surface area (Å²) in [5.74, 6) is -0.699. The molecule has 36 heavy (non-hydrogen) atoms. The van der Waals surface area contributed by atoms with Crippen LogP contribution in [0.4, 0.5) is 9.39 Å². The summed E-state index contributed by atoms with van der Waals surface area (Å²) in [7, 11) is 0. The molecule has 0 unspecified atom stereocenters. The second-order valence-electron chi connectivity index (χ2n) is 8.93. The fraction of sp³-hybridized carbons (Fsp3) is 0.296. The average molecular weight is 509 g/mol. The highest BCUT2D eigenvalue weighted by Gasteiger charge is 2.21. The number of piperidine rings is 1. The van der Waals surface area contributed by atoms with Gasteiger partial charge in [-0.3, -0.25) is 14.5 Å². The molecule has 0 saturated carbocycles. The van der Waals surface area contributed by atoms with Gasteiger partial charge in [0.15, 0.2) is 0 Å². The molecule has 188 valence electrons. The van der Waals surface area contributed by atoms with Crippen molar-refractivity contribution in [3.8, 4) is 0 Å². The molecule has 3 aromatic rings. The Morgan fingerprint density at radius 3 is 2.64 bits per heavy atom. The Balaban J connectivity index is 1.39. The van der Waals surface area contributed by atoms with Gasteiger partial charge in [-0.05, 0) is 85.1 Å². The number of likely N-dealkylation sites (tertiary alicyclic amines) is 1. The smallest absolute Gasteiger partial charge is 0.274 e. The summed E-state index contributed by atoms with van der Waals surface area (Å²) in [6, 6.07) is 13.2. The number of hydrogen-bond donors (Lipinski definition) is 3. The zero-order chi connectivity index (χ0) is 25.5. The van der Waals surface area contributed by atoms with Gasteiger partial charge in [-0.25, -0.2) is 9.82 Å². The van der Waals surface area contributed by atoms with E-state index >= 15 is 0 Å². The second kappa shape index (κ2) is 12.0. The number of nitrogens with one attached hydrogen (secondary N) is 2. The standard InChI is InChI=1S/C27H29FN4O3S/c1-18-17-36-27(24(18)26(35)31-29-14-19-5-7-23(28)8-6-19)30-25(34)22-4-2-3-21(13-22)15-32-11-9-20(16-33)10-12-32/h2-8,13-14,17,20,33H,9-12,15-16H2,1H3,(H,30,34)(H,31,35)/b29-14+. The number of benzene rings is 2. The van der Waals surface area contributed by atoms with E-state index in [0.717, 1.165) is 43.6 Å². The first kappa shape index (κ1) is 25.7. The number of aliphatic hydroxyl groups is 1. The molecule has 0 atom stereocenters. The van der Waals surface area contributed by atoms with Crippen molar-refractivity contribution in [3.63, 3.8) is 0 Å². The third-order valence-electron chi connectivity index (χ3n) is 6.24. The van der Waals surface area contributed by atoms with Gasteiger partial charge in [0.2, 0.25) is 0 Å². The Labute approximate surface area is 213 Å². The van der Waals surface area contributed by atoms with Crippen molar-refractivity contribution in [3.05, 3.63) is 87.5 Å². The summed E-state index contributed by atoms with van der Waals surface area (Å²) in [5, 5.41) is 18.4. The third kappa shape index (κ3) is 6.63. The Bertz CT molecular complexity index is 1230. The highest BCUT2D eigenvalue weighted by atomic mass is 32.1. The van der Waals surface area contributed by atoms with Gasteiger partial charge in [0.05, 0.1) is 11.8 Å². The van der Waals surface area contributed by atoms with Crippen molar-refractivity contribution < 1.29 is 19.1 Å². The number of rotatable bonds is 8. The number of hydrogen-bond acceptors (Lipinski definition) is 6. The predicted octanol–water partition coefficient (Wildman–Crippen LogP) is 4.42. The first-order valence-electron chi connectivity index (χ1n) is 11.8. The Hall–Kier alpha value is -3.40. The average Bonchev–Trinajstić information content (AvgIpc) is 3.25. The topological polar surface area (TPSA) is 94.0 Å². The number of anilines is 1. The van der Waals surface area contributed by atoms with E-state index in [0.29, 0.717) is 27.6 Å². The van der Waals surface area contributed by atoms with Gasteiger partial charge in [0.25, 0.3) is 11.8 Å². The molecule has 0 spiro atoms. The third-order valence-corrected chi connectivity index (χ3v) is 7.25. The van der Waals surface area contributed by atoms with Crippen molar-refractivity contribution in [2.45, 2.75) is 26.3 Å². The number of aliphatic hydroxyl groups excluding tert-OH is 1. The van der Waals surface area contributed by atoms with Crippen LogP contribution in [0.2, 0.25) is 0 Å². The van der Waals surface area contributed by atoms with Crippen LogP contribution in [0, 0.1) is 18.7 Å². The molecule has 1 saturated heterocycles. The van der Waals surface area contributed by atoms with E-state index in [-0.39, 0.29) is 18.3 Å². The molecule has 0 radical (unpaired) electrons. The van der Waals surface area contributed by atoms with Crippen LogP contribution in [0.25, 0.3) is 0 Å². The Morgan fingerprint density at radius 1 is 1.17 bits per heavy atom. The van der Waals surface area contributed by atoms with Crippen LogP contribution in [0.15, 0.2) is 59.0 Å². The highest BCUT2D eigenvalue weighted by molar-refractivity contribution is 7.15. The molecular formula is C27H29FN4O3S. The van der Waals surface area contributed by atoms with Crippen LogP contribution < -0.4 is 10.7 Å². The summed E-state index contributed by atoms with van der Waals surface area (Å²) in [6.07, 6.45) is 3.38. The molecule has 2 aromatic carbocycles. The molecule has 1 aromatic heterocycles. The molecule has 1 fully saturated rings. The Kier molecular flexibility index (Phi) is 8.58. The molecule has 2 amide bonds. The molecule has 0 aliphatic carbocycles. The maximum Gasteiger partial charge on any atom is 0.274 e. The van der Waals surface area contributed by atoms with Crippen molar-refractivity contribution in [1.82, 2.24) is 10.3 Å². The lowest BCUT2D eigenvalue weighted by molar-refractivity contribution is 0.0956. The molecule has 0 bridgehead atoms. The molecule has 9 heteroatoms. The lowest BCUT2D eigenvalue weighted by atomic mass is 9.97. The number of halogens is 1. The summed E-state index contributed by atoms with van der Waals surface area (Å²) in [6.45, 7) is 4.64. The largest absolute Gasteiger partial charge is 0.396 e. The number of hydrazone groups is 1. The molecule has 1 aliphatic rings. The van der Waals surface area contributed by atoms with Crippen LogP contribution >= 0.6 is 11.3 Å². The number of thiophene rings is 1. The number of carbonyl (C=O) groups excluding carboxylic acids is 2. The number of amides is 2. The zero-order valence-electron chi connectivity index (χ0n) is 20.0. The normalized spacial score (nSPS) is 14.8. The van der Waals surface area contributed by atoms with E-state index in [1.54, 1.807) is 30.5 Å². The molecule has 4 rings (SSSR count). The Morgan fingerprint density at radius 2 is 1.92 bits per heavy atom. The summed E-state index contributed by atoms with van der Waals surface area (Å²) in [4.78, 5) is 28.1. The first-order chi connectivity index (χ1) is 17.4. The maximum atomic E-state index is 13.0. The lowest BCUT2D eigenvalue weighted by Crippen LogP contribution is -2.34. The molecule has 2 heterocycles. The quantitative estimate of drug-likeness (QED) is 0.310. The molecule has 3 N–H and O–H groups in total. The zero-order valence-corrected chi connectivity index (χ0v) is 20.9. The molecular weight excluding hydrogens is 479 g/mol. The molecule has 1 aliphatic heterocycles. The van der Waals surface area contributed by atoms with E-state index in [1.807, 2.05) is 18.2 Å². The summed E-state index contributed by atoms with van der Waals surface area (Å²) >= 11 is 1.28. The van der Waals surface area contributed by atoms with Crippen molar-refractivity contribution >= 4 is 34.4 Å². The van der Waals surface area contributed by atoms with Gasteiger partial charge in [0.1, 0.15) is 10.8 Å². The van der Waals surface area contributed by atoms with Gasteiger partial charge < -0.3 is 10.4 Å². The van der Waals surface area contributed by atoms with Gasteiger partial charge in [-0.1, -0.05) is 24.3 Å². The lowest BCUT2D eigenvalue weighted by Gasteiger charge is -2.31. The molecule has 7 nitrogen and oxygen atoms in total. The van der Waals surface area contributed by atoms with Crippen LogP contribution in [-0.4, -0.2) is 47.7 Å². The van der Waals surface area contributed by atoms with Crippen LogP contribution in [0.5, 0.6) is 0 Å². The van der Waals surface area contributed by atoms with Gasteiger partial charge >= 0.3 is 0 Å². The van der Waals surface area contributed by atoms with E-state index in [4.69, 9.17) is 0 Å². The minimum atomic E-state index is -0.442. The maximum absolute atomic E-state index is 13.0. The summed E-state index contributed by atoms with van der Waals surface area (Å²) < 4.78 is 13.0. The van der Waals surface area contributed by atoms with E-state index < -0.39 is 5.91 Å². The van der Waals surface area contributed by atoms with E-state index in [2.05, 4.69) is 20.7 Å². The number of nitrogens with zero attached hydrogens (tertiary/aromatic N) is 2. The SMILES string of the molecule is Cc1csc(NC(=O)c2cccc(CN3CCC(CO)CC3)c2)c1C(=O)N/N=C/c1ccc(F)cc1. The van der Waals surface area contributed by atoms with Crippen molar-refractivity contribution in [2.75, 3.05) is 25.0 Å². The monoisotopic (exact) mass is 508 g/mol. The van der Waals surface area contributed by atoms with E-state index in [9.17, 15) is 19.1 Å². The fourth-order valence-corrected chi connectivity index (χ4v) is 5.10. The van der Waals surface area contributed by atoms with Crippen LogP contribution in [0.3, 0.4) is 0 Å².